The van der Waals surface area contributed by atoms with Gasteiger partial charge in [-0.25, -0.2) is 0 Å². The summed E-state index contributed by atoms with van der Waals surface area (Å²) in [5.41, 5.74) is 8.92. The van der Waals surface area contributed by atoms with Crippen LogP contribution in [-0.2, 0) is 0 Å². The maximum absolute atomic E-state index is 10.4. The summed E-state index contributed by atoms with van der Waals surface area (Å²) in [5, 5.41) is 30.7. The third kappa shape index (κ3) is 19.8. The number of rotatable bonds is 17. The van der Waals surface area contributed by atoms with Gasteiger partial charge in [0, 0.05) is 46.6 Å². The molecule has 2 heterocycles. The molecule has 3 aromatic rings. The zero-order valence-electron chi connectivity index (χ0n) is 35.0. The van der Waals surface area contributed by atoms with E-state index in [9.17, 15) is 15.3 Å². The Hall–Kier alpha value is -3.60. The van der Waals surface area contributed by atoms with Crippen LogP contribution in [0.3, 0.4) is 0 Å². The van der Waals surface area contributed by atoms with Gasteiger partial charge in [0.25, 0.3) is 0 Å². The molecule has 0 unspecified atom stereocenters. The van der Waals surface area contributed by atoms with Gasteiger partial charge in [-0.3, -0.25) is 0 Å². The Balaban J connectivity index is 0.000000433. The van der Waals surface area contributed by atoms with Crippen molar-refractivity contribution < 1.29 is 57.0 Å². The second-order valence-electron chi connectivity index (χ2n) is 16.3. The minimum atomic E-state index is -0.601. The minimum absolute atomic E-state index is 0. The molecule has 5 N–H and O–H groups in total. The fourth-order valence-corrected chi connectivity index (χ4v) is 6.53. The molecule has 3 saturated carbocycles. The molecule has 0 bridgehead atoms. The third-order valence-corrected chi connectivity index (χ3v) is 11.2. The SMILES string of the molecule is C.C.CC[C@@H](C)[C@H](O)c1ccc(OC2CC2)cc1.C[C@H](CN1CCC1)[C@H](O)c1ccc(OC2CC2)cc1.FF.FF.FF.N[C@H](CN1CCC1)[C@H](O)c1ccc(OC2CC2)cc1. The van der Waals surface area contributed by atoms with E-state index < -0.39 is 6.10 Å². The summed E-state index contributed by atoms with van der Waals surface area (Å²) in [6, 6.07) is 23.2. The monoisotopic (exact) mass is 890 g/mol. The van der Waals surface area contributed by atoms with Crippen LogP contribution in [-0.4, -0.2) is 88.7 Å². The van der Waals surface area contributed by atoms with E-state index in [1.165, 1.54) is 51.6 Å². The fraction of sp³-hybridized carbons (Fsp3) is 0.617. The average Bonchev–Trinajstić information content (AvgIpc) is 4.12. The molecule has 15 heteroatoms. The summed E-state index contributed by atoms with van der Waals surface area (Å²) in [6.07, 6.45) is 10.5. The number of benzene rings is 3. The number of nitrogens with zero attached hydrogens (tertiary/aromatic N) is 2. The van der Waals surface area contributed by atoms with Crippen LogP contribution < -0.4 is 19.9 Å². The molecule has 8 rings (SSSR count). The molecule has 9 nitrogen and oxygen atoms in total. The lowest BCUT2D eigenvalue weighted by atomic mass is 9.95. The first-order valence-corrected chi connectivity index (χ1v) is 21.1. The van der Waals surface area contributed by atoms with Crippen molar-refractivity contribution in [3.8, 4) is 17.2 Å². The van der Waals surface area contributed by atoms with Crippen molar-refractivity contribution in [1.82, 2.24) is 9.80 Å². The molecule has 0 aromatic heterocycles. The van der Waals surface area contributed by atoms with E-state index in [1.54, 1.807) is 0 Å². The van der Waals surface area contributed by atoms with E-state index in [0.717, 1.165) is 79.4 Å². The third-order valence-electron chi connectivity index (χ3n) is 11.2. The fourth-order valence-electron chi connectivity index (χ4n) is 6.53. The molecule has 6 atom stereocenters. The quantitative estimate of drug-likeness (QED) is 0.0982. The van der Waals surface area contributed by atoms with Crippen LogP contribution in [0.15, 0.2) is 72.8 Å². The highest BCUT2D eigenvalue weighted by atomic mass is 20.0. The number of likely N-dealkylation sites (tertiary alicyclic amines) is 2. The Labute approximate surface area is 365 Å². The Kier molecular flexibility index (Phi) is 27.7. The van der Waals surface area contributed by atoms with Gasteiger partial charge in [0.2, 0.25) is 0 Å². The van der Waals surface area contributed by atoms with Gasteiger partial charge < -0.3 is 45.1 Å². The number of ether oxygens (including phenoxy) is 3. The summed E-state index contributed by atoms with van der Waals surface area (Å²) in [4.78, 5) is 4.68. The maximum atomic E-state index is 10.4. The van der Waals surface area contributed by atoms with Crippen molar-refractivity contribution in [2.45, 2.75) is 136 Å². The molecule has 3 aromatic carbocycles. The van der Waals surface area contributed by atoms with E-state index in [4.69, 9.17) is 47.4 Å². The number of hydrogen-bond donors (Lipinski definition) is 4. The molecule has 0 amide bonds. The van der Waals surface area contributed by atoms with Gasteiger partial charge >= 0.3 is 0 Å². The van der Waals surface area contributed by atoms with Gasteiger partial charge in [-0.05, 0) is 142 Å². The number of halogens is 6. The van der Waals surface area contributed by atoms with Crippen LogP contribution in [0.5, 0.6) is 17.2 Å². The predicted octanol–water partition coefficient (Wildman–Crippen LogP) is 11.0. The number of hydrogen-bond acceptors (Lipinski definition) is 9. The molecular weight excluding hydrogens is 817 g/mol. The van der Waals surface area contributed by atoms with Crippen LogP contribution >= 0.6 is 0 Å². The summed E-state index contributed by atoms with van der Waals surface area (Å²) in [6.45, 7) is 12.6. The van der Waals surface area contributed by atoms with Crippen molar-refractivity contribution >= 4 is 0 Å². The van der Waals surface area contributed by atoms with E-state index in [-0.39, 0.29) is 39.0 Å². The largest absolute Gasteiger partial charge is 0.490 e. The van der Waals surface area contributed by atoms with Gasteiger partial charge in [-0.1, -0.05) is 78.4 Å². The van der Waals surface area contributed by atoms with Gasteiger partial charge in [-0.2, -0.15) is 0 Å². The Bertz CT molecular complexity index is 1470. The molecule has 0 spiro atoms. The Morgan fingerprint density at radius 2 is 0.806 bits per heavy atom. The number of aliphatic hydroxyl groups excluding tert-OH is 3. The lowest BCUT2D eigenvalue weighted by molar-refractivity contribution is 0.0677. The molecule has 5 aliphatic rings. The van der Waals surface area contributed by atoms with Gasteiger partial charge in [-0.15, -0.1) is 0 Å². The average molecular weight is 890 g/mol. The topological polar surface area (TPSA) is 121 Å². The van der Waals surface area contributed by atoms with Crippen molar-refractivity contribution in [2.24, 2.45) is 17.6 Å². The molecule has 2 aliphatic heterocycles. The van der Waals surface area contributed by atoms with Crippen LogP contribution in [0, 0.1) is 11.8 Å². The van der Waals surface area contributed by atoms with Gasteiger partial charge in [0.15, 0.2) is 0 Å². The second kappa shape index (κ2) is 30.5. The first-order chi connectivity index (χ1) is 29.1. The lowest BCUT2D eigenvalue weighted by Gasteiger charge is -2.34. The number of nitrogens with two attached hydrogens (primary N) is 1. The second-order valence-corrected chi connectivity index (χ2v) is 16.3. The van der Waals surface area contributed by atoms with E-state index >= 15 is 0 Å². The van der Waals surface area contributed by atoms with E-state index in [2.05, 4.69) is 30.6 Å². The van der Waals surface area contributed by atoms with Gasteiger partial charge in [0.1, 0.15) is 17.2 Å². The zero-order chi connectivity index (χ0) is 44.0. The van der Waals surface area contributed by atoms with Crippen molar-refractivity contribution in [3.63, 3.8) is 0 Å². The predicted molar refractivity (Wildman–Crippen MR) is 234 cm³/mol. The Morgan fingerprint density at radius 3 is 1.08 bits per heavy atom. The normalized spacial score (nSPS) is 19.1. The molecule has 3 aliphatic carbocycles. The van der Waals surface area contributed by atoms with Crippen molar-refractivity contribution in [1.29, 1.82) is 0 Å². The summed E-state index contributed by atoms with van der Waals surface area (Å²) in [5.74, 6) is 3.30. The van der Waals surface area contributed by atoms with Crippen molar-refractivity contribution in [2.75, 3.05) is 39.3 Å². The van der Waals surface area contributed by atoms with E-state index in [0.29, 0.717) is 24.2 Å². The lowest BCUT2D eigenvalue weighted by Crippen LogP contribution is -2.47. The molecule has 354 valence electrons. The van der Waals surface area contributed by atoms with Crippen molar-refractivity contribution in [3.05, 3.63) is 89.5 Å². The molecule has 5 fully saturated rings. The molecule has 0 radical (unpaired) electrons. The molecule has 2 saturated heterocycles. The first kappa shape index (κ1) is 56.4. The maximum Gasteiger partial charge on any atom is 0.119 e. The highest BCUT2D eigenvalue weighted by molar-refractivity contribution is 5.31. The standard InChI is InChI=1S/C16H23NO2.C15H22N2O2.C14H20O2.2CH4.3F2/c1-12(11-17-9-2-10-17)16(18)13-3-5-14(6-4-13)19-15-7-8-15;16-14(10-17-8-1-9-17)15(18)11-2-4-12(5-3-11)19-13-6-7-13;1-3-10(2)14(15)11-4-6-12(7-5-11)16-13-8-9-13;;;3*1-2/h3-6,12,15-16,18H,2,7-11H2,1H3;2-5,13-15,18H,1,6-10,16H2;4-7,10,13-15H,3,8-9H2,1-2H3;2*1H4;;;/t12-,16+;14-,15-;10-,14+;;;;;/m111...../s1. The van der Waals surface area contributed by atoms with E-state index in [1.807, 2.05) is 72.8 Å². The smallest absolute Gasteiger partial charge is 0.119 e. The highest BCUT2D eigenvalue weighted by Crippen LogP contribution is 2.32. The summed E-state index contributed by atoms with van der Waals surface area (Å²) >= 11 is 0. The Morgan fingerprint density at radius 1 is 0.516 bits per heavy atom. The number of aliphatic hydroxyl groups is 3. The van der Waals surface area contributed by atoms with Gasteiger partial charge in [0.05, 0.1) is 36.6 Å². The van der Waals surface area contributed by atoms with Crippen LogP contribution in [0.2, 0.25) is 0 Å². The molecular formula is C47H73F6N3O6. The highest BCUT2D eigenvalue weighted by Gasteiger charge is 2.27. The van der Waals surface area contributed by atoms with Crippen LogP contribution in [0.4, 0.5) is 27.4 Å². The van der Waals surface area contributed by atoms with Crippen LogP contribution in [0.25, 0.3) is 0 Å². The van der Waals surface area contributed by atoms with Crippen LogP contribution in [0.1, 0.15) is 128 Å². The zero-order valence-corrected chi connectivity index (χ0v) is 35.0. The summed E-state index contributed by atoms with van der Waals surface area (Å²) < 4.78 is 65.1. The molecule has 62 heavy (non-hydrogen) atoms. The first-order valence-electron chi connectivity index (χ1n) is 21.1. The summed E-state index contributed by atoms with van der Waals surface area (Å²) in [7, 11) is 0. The minimum Gasteiger partial charge on any atom is -0.490 e.